The molecule has 3 aromatic carbocycles. The fourth-order valence-electron chi connectivity index (χ4n) is 2.74. The number of carbonyl (C=O) groups excluding carboxylic acids is 1. The number of amides is 1. The number of sulfonamides is 1. The monoisotopic (exact) mass is 500 g/mol. The van der Waals surface area contributed by atoms with Crippen molar-refractivity contribution in [2.24, 2.45) is 0 Å². The van der Waals surface area contributed by atoms with Gasteiger partial charge in [-0.3, -0.25) is 4.79 Å². The van der Waals surface area contributed by atoms with Crippen LogP contribution < -0.4 is 5.32 Å². The molecule has 0 saturated heterocycles. The average molecular weight is 502 g/mol. The lowest BCUT2D eigenvalue weighted by atomic mass is 10.2. The zero-order chi connectivity index (χ0) is 22.6. The molecule has 0 unspecified atom stereocenters. The molecule has 1 amide bonds. The van der Waals surface area contributed by atoms with E-state index in [1.165, 1.54) is 54.6 Å². The summed E-state index contributed by atoms with van der Waals surface area (Å²) in [4.78, 5) is 12.5. The minimum Gasteiger partial charge on any atom is -0.322 e. The average Bonchev–Trinajstić information content (AvgIpc) is 2.72. The summed E-state index contributed by atoms with van der Waals surface area (Å²) in [6, 6.07) is 15.8. The third kappa shape index (κ3) is 5.96. The molecule has 0 radical (unpaired) electrons. The highest BCUT2D eigenvalue weighted by atomic mass is 35.5. The van der Waals surface area contributed by atoms with Gasteiger partial charge in [0, 0.05) is 11.6 Å². The molecular formula is C21H16Cl3FN2O3S. The first-order valence-corrected chi connectivity index (χ1v) is 11.5. The second-order valence-electron chi connectivity index (χ2n) is 6.50. The molecule has 162 valence electrons. The number of nitrogens with one attached hydrogen (secondary N) is 1. The Balaban J connectivity index is 1.91. The van der Waals surface area contributed by atoms with Crippen molar-refractivity contribution in [1.29, 1.82) is 0 Å². The van der Waals surface area contributed by atoms with Crippen LogP contribution in [-0.4, -0.2) is 25.2 Å². The topological polar surface area (TPSA) is 66.5 Å². The molecule has 10 heteroatoms. The maximum atomic E-state index is 13.9. The Morgan fingerprint density at radius 2 is 1.61 bits per heavy atom. The number of para-hydroxylation sites is 1. The van der Waals surface area contributed by atoms with E-state index in [-0.39, 0.29) is 22.2 Å². The smallest absolute Gasteiger partial charge is 0.243 e. The Morgan fingerprint density at radius 1 is 0.935 bits per heavy atom. The second-order valence-corrected chi connectivity index (χ2v) is 9.69. The predicted molar refractivity (Wildman–Crippen MR) is 121 cm³/mol. The van der Waals surface area contributed by atoms with Gasteiger partial charge < -0.3 is 5.32 Å². The van der Waals surface area contributed by atoms with Gasteiger partial charge in [-0.25, -0.2) is 12.8 Å². The number of benzene rings is 3. The van der Waals surface area contributed by atoms with Gasteiger partial charge >= 0.3 is 0 Å². The summed E-state index contributed by atoms with van der Waals surface area (Å²) in [5, 5.41) is 3.32. The van der Waals surface area contributed by atoms with Crippen LogP contribution in [0.3, 0.4) is 0 Å². The molecule has 0 spiro atoms. The van der Waals surface area contributed by atoms with Crippen molar-refractivity contribution in [1.82, 2.24) is 4.31 Å². The summed E-state index contributed by atoms with van der Waals surface area (Å²) in [5.74, 6) is -1.34. The number of anilines is 1. The Morgan fingerprint density at radius 3 is 2.26 bits per heavy atom. The Labute approximate surface area is 194 Å². The van der Waals surface area contributed by atoms with Gasteiger partial charge in [-0.1, -0.05) is 53.0 Å². The third-order valence-electron chi connectivity index (χ3n) is 4.26. The van der Waals surface area contributed by atoms with Gasteiger partial charge in [-0.05, 0) is 54.1 Å². The molecule has 0 aliphatic carbocycles. The summed E-state index contributed by atoms with van der Waals surface area (Å²) in [6.45, 7) is -0.716. The molecule has 0 aliphatic heterocycles. The van der Waals surface area contributed by atoms with Crippen molar-refractivity contribution in [3.05, 3.63) is 93.2 Å². The number of nitrogens with zero attached hydrogens (tertiary/aromatic N) is 1. The summed E-state index contributed by atoms with van der Waals surface area (Å²) < 4.78 is 41.3. The number of halogens is 4. The molecule has 0 saturated carbocycles. The molecule has 3 rings (SSSR count). The van der Waals surface area contributed by atoms with Gasteiger partial charge in [-0.2, -0.15) is 4.31 Å². The van der Waals surface area contributed by atoms with Gasteiger partial charge in [0.2, 0.25) is 15.9 Å². The molecule has 0 heterocycles. The summed E-state index contributed by atoms with van der Waals surface area (Å²) in [7, 11) is -4.09. The number of hydrogen-bond donors (Lipinski definition) is 1. The van der Waals surface area contributed by atoms with Gasteiger partial charge in [0.1, 0.15) is 5.82 Å². The van der Waals surface area contributed by atoms with Crippen molar-refractivity contribution in [3.63, 3.8) is 0 Å². The van der Waals surface area contributed by atoms with Crippen LogP contribution in [0.2, 0.25) is 15.1 Å². The Bertz CT molecular complexity index is 1200. The van der Waals surface area contributed by atoms with Gasteiger partial charge in [0.25, 0.3) is 0 Å². The lowest BCUT2D eigenvalue weighted by molar-refractivity contribution is -0.116. The maximum Gasteiger partial charge on any atom is 0.243 e. The molecule has 31 heavy (non-hydrogen) atoms. The summed E-state index contributed by atoms with van der Waals surface area (Å²) >= 11 is 17.8. The predicted octanol–water partition coefficient (Wildman–Crippen LogP) is 5.62. The molecule has 0 fully saturated rings. The quantitative estimate of drug-likeness (QED) is 0.457. The third-order valence-corrected chi connectivity index (χ3v) is 7.06. The molecule has 0 aliphatic rings. The number of rotatable bonds is 7. The van der Waals surface area contributed by atoms with Crippen LogP contribution in [0.25, 0.3) is 0 Å². The van der Waals surface area contributed by atoms with Crippen LogP contribution in [0.15, 0.2) is 71.6 Å². The molecular weight excluding hydrogens is 486 g/mol. The van der Waals surface area contributed by atoms with Crippen molar-refractivity contribution in [3.8, 4) is 0 Å². The van der Waals surface area contributed by atoms with E-state index in [4.69, 9.17) is 34.8 Å². The summed E-state index contributed by atoms with van der Waals surface area (Å²) in [6.07, 6.45) is 0. The SMILES string of the molecule is O=C(CN(Cc1ccc(Cl)c(Cl)c1)S(=O)(=O)c1ccc(Cl)cc1)Nc1ccccc1F. The highest BCUT2D eigenvalue weighted by molar-refractivity contribution is 7.89. The van der Waals surface area contributed by atoms with E-state index >= 15 is 0 Å². The first-order valence-electron chi connectivity index (χ1n) is 8.91. The van der Waals surface area contributed by atoms with Crippen molar-refractivity contribution in [2.75, 3.05) is 11.9 Å². The van der Waals surface area contributed by atoms with Crippen LogP contribution >= 0.6 is 34.8 Å². The molecule has 1 N–H and O–H groups in total. The lowest BCUT2D eigenvalue weighted by Crippen LogP contribution is -2.37. The maximum absolute atomic E-state index is 13.9. The van der Waals surface area contributed by atoms with E-state index in [9.17, 15) is 17.6 Å². The van der Waals surface area contributed by atoms with Crippen LogP contribution in [0.1, 0.15) is 5.56 Å². The summed E-state index contributed by atoms with van der Waals surface area (Å²) in [5.41, 5.74) is 0.469. The van der Waals surface area contributed by atoms with Gasteiger partial charge in [0.15, 0.2) is 0 Å². The van der Waals surface area contributed by atoms with E-state index in [1.807, 2.05) is 0 Å². The Kier molecular flexibility index (Phi) is 7.56. The first-order chi connectivity index (χ1) is 14.7. The van der Waals surface area contributed by atoms with Crippen molar-refractivity contribution >= 4 is 56.4 Å². The van der Waals surface area contributed by atoms with Gasteiger partial charge in [0.05, 0.1) is 27.2 Å². The normalized spacial score (nSPS) is 11.5. The van der Waals surface area contributed by atoms with E-state index in [0.29, 0.717) is 15.6 Å². The van der Waals surface area contributed by atoms with Crippen molar-refractivity contribution in [2.45, 2.75) is 11.4 Å². The van der Waals surface area contributed by atoms with Gasteiger partial charge in [-0.15, -0.1) is 0 Å². The van der Waals surface area contributed by atoms with E-state index in [2.05, 4.69) is 5.32 Å². The van der Waals surface area contributed by atoms with Crippen LogP contribution in [-0.2, 0) is 21.4 Å². The lowest BCUT2D eigenvalue weighted by Gasteiger charge is -2.22. The fourth-order valence-corrected chi connectivity index (χ4v) is 4.57. The second kappa shape index (κ2) is 9.97. The number of carbonyl (C=O) groups is 1. The molecule has 0 bridgehead atoms. The molecule has 5 nitrogen and oxygen atoms in total. The number of hydrogen-bond acceptors (Lipinski definition) is 3. The molecule has 3 aromatic rings. The fraction of sp³-hybridized carbons (Fsp3) is 0.0952. The van der Waals surface area contributed by atoms with Crippen LogP contribution in [0, 0.1) is 5.82 Å². The zero-order valence-electron chi connectivity index (χ0n) is 15.9. The molecule has 0 atom stereocenters. The minimum atomic E-state index is -4.09. The van der Waals surface area contributed by atoms with E-state index in [1.54, 1.807) is 12.1 Å². The Hall–Kier alpha value is -2.16. The highest BCUT2D eigenvalue weighted by Gasteiger charge is 2.27. The first kappa shape index (κ1) is 23.5. The largest absolute Gasteiger partial charge is 0.322 e. The highest BCUT2D eigenvalue weighted by Crippen LogP contribution is 2.25. The van der Waals surface area contributed by atoms with Crippen LogP contribution in [0.5, 0.6) is 0 Å². The minimum absolute atomic E-state index is 0.0457. The standard InChI is InChI=1S/C21H16Cl3FN2O3S/c22-15-6-8-16(9-7-15)31(29,30)27(12-14-5-10-17(23)18(24)11-14)13-21(28)26-20-4-2-1-3-19(20)25/h1-11H,12-13H2,(H,26,28). The van der Waals surface area contributed by atoms with Crippen LogP contribution in [0.4, 0.5) is 10.1 Å². The van der Waals surface area contributed by atoms with E-state index < -0.39 is 28.3 Å². The zero-order valence-corrected chi connectivity index (χ0v) is 18.9. The molecule has 0 aromatic heterocycles. The van der Waals surface area contributed by atoms with E-state index in [0.717, 1.165) is 4.31 Å². The van der Waals surface area contributed by atoms with Crippen molar-refractivity contribution < 1.29 is 17.6 Å².